The van der Waals surface area contributed by atoms with E-state index in [0.717, 1.165) is 5.56 Å². The SMILES string of the molecule is Cc1cc(C)c([N+](=O)[O-])cc1OCCC/C(N)=N/O. The standard InChI is InChI=1S/C12H17N3O4/c1-8-6-9(2)11(7-10(8)15(17)18)19-5-3-4-12(13)14-16/h6-7,16H,3-5H2,1-2H3,(H2,13,14). The van der Waals surface area contributed by atoms with Crippen molar-refractivity contribution in [2.24, 2.45) is 10.9 Å². The first-order valence-electron chi connectivity index (χ1n) is 5.80. The van der Waals surface area contributed by atoms with Crippen LogP contribution in [0.5, 0.6) is 5.75 Å². The highest BCUT2D eigenvalue weighted by Gasteiger charge is 2.14. The fraction of sp³-hybridized carbons (Fsp3) is 0.417. The van der Waals surface area contributed by atoms with Gasteiger partial charge in [-0.2, -0.15) is 0 Å². The molecule has 0 aromatic heterocycles. The second-order valence-electron chi connectivity index (χ2n) is 4.20. The Morgan fingerprint density at radius 2 is 2.16 bits per heavy atom. The largest absolute Gasteiger partial charge is 0.493 e. The Morgan fingerprint density at radius 3 is 2.74 bits per heavy atom. The van der Waals surface area contributed by atoms with Crippen LogP contribution in [0.25, 0.3) is 0 Å². The van der Waals surface area contributed by atoms with Crippen LogP contribution in [0.3, 0.4) is 0 Å². The van der Waals surface area contributed by atoms with E-state index in [-0.39, 0.29) is 11.5 Å². The van der Waals surface area contributed by atoms with Gasteiger partial charge in [-0.05, 0) is 31.9 Å². The number of aryl methyl sites for hydroxylation is 2. The molecule has 0 aliphatic rings. The van der Waals surface area contributed by atoms with Crippen molar-refractivity contribution in [2.75, 3.05) is 6.61 Å². The Kier molecular flexibility index (Phi) is 5.11. The van der Waals surface area contributed by atoms with E-state index in [9.17, 15) is 10.1 Å². The summed E-state index contributed by atoms with van der Waals surface area (Å²) >= 11 is 0. The number of nitrogens with zero attached hydrogens (tertiary/aromatic N) is 2. The van der Waals surface area contributed by atoms with Crippen molar-refractivity contribution >= 4 is 11.5 Å². The van der Waals surface area contributed by atoms with Crippen molar-refractivity contribution in [1.29, 1.82) is 0 Å². The van der Waals surface area contributed by atoms with Crippen LogP contribution in [0, 0.1) is 24.0 Å². The third-order valence-corrected chi connectivity index (χ3v) is 2.65. The lowest BCUT2D eigenvalue weighted by molar-refractivity contribution is -0.385. The molecular weight excluding hydrogens is 250 g/mol. The van der Waals surface area contributed by atoms with E-state index >= 15 is 0 Å². The van der Waals surface area contributed by atoms with Crippen molar-refractivity contribution in [3.8, 4) is 5.75 Å². The van der Waals surface area contributed by atoms with Crippen molar-refractivity contribution < 1.29 is 14.9 Å². The number of ether oxygens (including phenoxy) is 1. The first-order valence-corrected chi connectivity index (χ1v) is 5.80. The van der Waals surface area contributed by atoms with E-state index in [1.165, 1.54) is 6.07 Å². The highest BCUT2D eigenvalue weighted by Crippen LogP contribution is 2.28. The zero-order valence-electron chi connectivity index (χ0n) is 10.9. The van der Waals surface area contributed by atoms with E-state index < -0.39 is 4.92 Å². The summed E-state index contributed by atoms with van der Waals surface area (Å²) in [7, 11) is 0. The molecule has 0 aliphatic carbocycles. The molecule has 0 aliphatic heterocycles. The molecule has 0 saturated carbocycles. The zero-order chi connectivity index (χ0) is 14.4. The van der Waals surface area contributed by atoms with Gasteiger partial charge < -0.3 is 15.7 Å². The number of nitrogens with two attached hydrogens (primary N) is 1. The number of nitro groups is 1. The Morgan fingerprint density at radius 1 is 1.47 bits per heavy atom. The smallest absolute Gasteiger partial charge is 0.276 e. The van der Waals surface area contributed by atoms with Crippen LogP contribution in [-0.2, 0) is 0 Å². The third-order valence-electron chi connectivity index (χ3n) is 2.65. The van der Waals surface area contributed by atoms with Crippen molar-refractivity contribution in [3.05, 3.63) is 33.4 Å². The van der Waals surface area contributed by atoms with Gasteiger partial charge in [0.1, 0.15) is 11.6 Å². The number of hydrogen-bond acceptors (Lipinski definition) is 5. The molecule has 1 aromatic carbocycles. The van der Waals surface area contributed by atoms with Gasteiger partial charge in [0.25, 0.3) is 5.69 Å². The van der Waals surface area contributed by atoms with E-state index in [1.54, 1.807) is 13.0 Å². The number of nitro benzene ring substituents is 1. The normalized spacial score (nSPS) is 11.4. The van der Waals surface area contributed by atoms with Crippen LogP contribution >= 0.6 is 0 Å². The van der Waals surface area contributed by atoms with Gasteiger partial charge in [0.2, 0.25) is 0 Å². The van der Waals surface area contributed by atoms with Crippen molar-refractivity contribution in [1.82, 2.24) is 0 Å². The molecule has 0 bridgehead atoms. The first kappa shape index (κ1) is 14.7. The second kappa shape index (κ2) is 6.58. The molecule has 0 radical (unpaired) electrons. The summed E-state index contributed by atoms with van der Waals surface area (Å²) < 4.78 is 5.48. The number of amidine groups is 1. The molecule has 1 rings (SSSR count). The maximum Gasteiger partial charge on any atom is 0.276 e. The lowest BCUT2D eigenvalue weighted by atomic mass is 10.1. The molecular formula is C12H17N3O4. The molecule has 7 heteroatoms. The van der Waals surface area contributed by atoms with Crippen LogP contribution in [0.1, 0.15) is 24.0 Å². The summed E-state index contributed by atoms with van der Waals surface area (Å²) in [6.45, 7) is 3.86. The monoisotopic (exact) mass is 267 g/mol. The van der Waals surface area contributed by atoms with Gasteiger partial charge in [-0.1, -0.05) is 5.16 Å². The Bertz CT molecular complexity index is 500. The van der Waals surface area contributed by atoms with E-state index in [2.05, 4.69) is 5.16 Å². The first-order chi connectivity index (χ1) is 8.95. The van der Waals surface area contributed by atoms with Gasteiger partial charge in [-0.15, -0.1) is 0 Å². The fourth-order valence-corrected chi connectivity index (χ4v) is 1.66. The minimum absolute atomic E-state index is 0.0389. The van der Waals surface area contributed by atoms with Gasteiger partial charge in [0.15, 0.2) is 0 Å². The van der Waals surface area contributed by atoms with Gasteiger partial charge >= 0.3 is 0 Å². The van der Waals surface area contributed by atoms with Gasteiger partial charge in [-0.25, -0.2) is 0 Å². The number of hydrogen-bond donors (Lipinski definition) is 2. The molecule has 3 N–H and O–H groups in total. The summed E-state index contributed by atoms with van der Waals surface area (Å²) in [4.78, 5) is 10.4. The summed E-state index contributed by atoms with van der Waals surface area (Å²) in [5, 5.41) is 22.1. The molecule has 0 amide bonds. The predicted octanol–water partition coefficient (Wildman–Crippen LogP) is 2.12. The minimum Gasteiger partial charge on any atom is -0.493 e. The summed E-state index contributed by atoms with van der Waals surface area (Å²) in [5.74, 6) is 0.618. The molecule has 0 spiro atoms. The molecule has 1 aromatic rings. The Hall–Kier alpha value is -2.31. The summed E-state index contributed by atoms with van der Waals surface area (Å²) in [6.07, 6.45) is 0.973. The lowest BCUT2D eigenvalue weighted by Crippen LogP contribution is -2.13. The van der Waals surface area contributed by atoms with Crippen LogP contribution in [0.15, 0.2) is 17.3 Å². The molecule has 0 atom stereocenters. The van der Waals surface area contributed by atoms with Gasteiger partial charge in [0, 0.05) is 12.0 Å². The van der Waals surface area contributed by atoms with Gasteiger partial charge in [0.05, 0.1) is 17.6 Å². The Balaban J connectivity index is 2.68. The molecule has 0 fully saturated rings. The van der Waals surface area contributed by atoms with Crippen LogP contribution in [-0.4, -0.2) is 22.6 Å². The number of rotatable bonds is 6. The van der Waals surface area contributed by atoms with Gasteiger partial charge in [-0.3, -0.25) is 10.1 Å². The quantitative estimate of drug-likeness (QED) is 0.205. The van der Waals surface area contributed by atoms with Crippen LogP contribution in [0.2, 0.25) is 0 Å². The number of benzene rings is 1. The topological polar surface area (TPSA) is 111 Å². The lowest BCUT2D eigenvalue weighted by Gasteiger charge is -2.10. The van der Waals surface area contributed by atoms with Crippen LogP contribution < -0.4 is 10.5 Å². The van der Waals surface area contributed by atoms with E-state index in [4.69, 9.17) is 15.7 Å². The van der Waals surface area contributed by atoms with Crippen LogP contribution in [0.4, 0.5) is 5.69 Å². The maximum absolute atomic E-state index is 10.8. The Labute approximate surface area is 110 Å². The predicted molar refractivity (Wildman–Crippen MR) is 70.7 cm³/mol. The molecule has 0 heterocycles. The highest BCUT2D eigenvalue weighted by atomic mass is 16.6. The number of oxime groups is 1. The molecule has 7 nitrogen and oxygen atoms in total. The van der Waals surface area contributed by atoms with E-state index in [1.807, 2.05) is 6.92 Å². The molecule has 19 heavy (non-hydrogen) atoms. The second-order valence-corrected chi connectivity index (χ2v) is 4.20. The zero-order valence-corrected chi connectivity index (χ0v) is 10.9. The molecule has 0 unspecified atom stereocenters. The molecule has 0 saturated heterocycles. The average Bonchev–Trinajstić information content (AvgIpc) is 2.35. The highest BCUT2D eigenvalue weighted by molar-refractivity contribution is 5.79. The molecule has 104 valence electrons. The fourth-order valence-electron chi connectivity index (χ4n) is 1.66. The average molecular weight is 267 g/mol. The third kappa shape index (κ3) is 4.13. The van der Waals surface area contributed by atoms with E-state index in [0.29, 0.717) is 30.8 Å². The van der Waals surface area contributed by atoms with Crippen molar-refractivity contribution in [2.45, 2.75) is 26.7 Å². The van der Waals surface area contributed by atoms with Crippen molar-refractivity contribution in [3.63, 3.8) is 0 Å². The minimum atomic E-state index is -0.433. The summed E-state index contributed by atoms with van der Waals surface area (Å²) in [5.41, 5.74) is 6.80. The summed E-state index contributed by atoms with van der Waals surface area (Å²) in [6, 6.07) is 3.14. The maximum atomic E-state index is 10.8.